The van der Waals surface area contributed by atoms with E-state index in [1.807, 2.05) is 24.3 Å². The van der Waals surface area contributed by atoms with E-state index >= 15 is 0 Å². The second kappa shape index (κ2) is 7.44. The van der Waals surface area contributed by atoms with E-state index in [2.05, 4.69) is 9.88 Å². The number of para-hydroxylation sites is 2. The van der Waals surface area contributed by atoms with Gasteiger partial charge in [0.25, 0.3) is 5.56 Å². The molecule has 2 aliphatic carbocycles. The van der Waals surface area contributed by atoms with Crippen LogP contribution in [-0.4, -0.2) is 43.7 Å². The number of carbonyl (C=O) groups is 1. The number of aromatic nitrogens is 2. The standard InChI is InChI=1S/C25H31N3O3/c29-24-22(25(30)31)26-20-9-1-2-10-21(20)28(24)19-13-17-11-12-18(14-19)27(17)23-15-5-3-6-16(23)8-4-7-15/h1-2,9-10,15-19,23H,3-8,11-14H2,(H,30,31)/t15?,16?,17-,18+,19?,23?. The van der Waals surface area contributed by atoms with E-state index < -0.39 is 11.5 Å². The predicted octanol–water partition coefficient (Wildman–Crippen LogP) is 4.23. The van der Waals surface area contributed by atoms with E-state index in [0.717, 1.165) is 36.2 Å². The Labute approximate surface area is 182 Å². The molecule has 6 nitrogen and oxygen atoms in total. The minimum atomic E-state index is -1.24. The zero-order valence-electron chi connectivity index (χ0n) is 17.9. The van der Waals surface area contributed by atoms with Gasteiger partial charge in [0.2, 0.25) is 5.69 Å². The number of carboxylic acid groups (broad SMARTS) is 1. The molecule has 3 atom stereocenters. The summed E-state index contributed by atoms with van der Waals surface area (Å²) < 4.78 is 1.77. The largest absolute Gasteiger partial charge is 0.476 e. The van der Waals surface area contributed by atoms with Gasteiger partial charge in [-0.15, -0.1) is 0 Å². The molecule has 4 fully saturated rings. The number of fused-ring (bicyclic) bond motifs is 6. The molecule has 2 aliphatic heterocycles. The Hall–Kier alpha value is -2.21. The van der Waals surface area contributed by atoms with Crippen LogP contribution in [-0.2, 0) is 0 Å². The van der Waals surface area contributed by atoms with Gasteiger partial charge in [-0.05, 0) is 75.3 Å². The molecule has 31 heavy (non-hydrogen) atoms. The van der Waals surface area contributed by atoms with Crippen molar-refractivity contribution in [3.63, 3.8) is 0 Å². The van der Waals surface area contributed by atoms with Crippen LogP contribution in [0.3, 0.4) is 0 Å². The molecule has 164 valence electrons. The molecule has 2 aromatic rings. The first-order chi connectivity index (χ1) is 15.1. The van der Waals surface area contributed by atoms with E-state index in [4.69, 9.17) is 0 Å². The molecule has 1 unspecified atom stereocenters. The van der Waals surface area contributed by atoms with Crippen molar-refractivity contribution in [3.05, 3.63) is 40.3 Å². The number of aromatic carboxylic acids is 1. The average molecular weight is 422 g/mol. The third kappa shape index (κ3) is 3.05. The number of hydrogen-bond donors (Lipinski definition) is 1. The minimum absolute atomic E-state index is 0.0516. The van der Waals surface area contributed by atoms with Crippen LogP contribution in [0.15, 0.2) is 29.1 Å². The molecule has 0 amide bonds. The number of nitrogens with zero attached hydrogens (tertiary/aromatic N) is 3. The van der Waals surface area contributed by atoms with E-state index in [0.29, 0.717) is 17.6 Å². The van der Waals surface area contributed by atoms with Crippen molar-refractivity contribution in [1.29, 1.82) is 0 Å². The van der Waals surface area contributed by atoms with Crippen LogP contribution in [0.4, 0.5) is 0 Å². The summed E-state index contributed by atoms with van der Waals surface area (Å²) in [4.78, 5) is 32.0. The van der Waals surface area contributed by atoms with Gasteiger partial charge in [-0.3, -0.25) is 9.69 Å². The molecular weight excluding hydrogens is 390 g/mol. The van der Waals surface area contributed by atoms with Gasteiger partial charge in [0, 0.05) is 24.2 Å². The molecule has 3 heterocycles. The van der Waals surface area contributed by atoms with Crippen LogP contribution in [0.1, 0.15) is 80.7 Å². The summed E-state index contributed by atoms with van der Waals surface area (Å²) in [5, 5.41) is 9.58. The highest BCUT2D eigenvalue weighted by Crippen LogP contribution is 2.50. The molecule has 2 saturated heterocycles. The maximum absolute atomic E-state index is 13.2. The number of hydrogen-bond acceptors (Lipinski definition) is 4. The first kappa shape index (κ1) is 19.5. The quantitative estimate of drug-likeness (QED) is 0.803. The van der Waals surface area contributed by atoms with Gasteiger partial charge in [0.1, 0.15) is 0 Å². The van der Waals surface area contributed by atoms with Crippen molar-refractivity contribution in [2.75, 3.05) is 0 Å². The molecule has 2 saturated carbocycles. The van der Waals surface area contributed by atoms with Gasteiger partial charge < -0.3 is 9.67 Å². The second-order valence-corrected chi connectivity index (χ2v) is 10.3. The molecule has 6 heteroatoms. The summed E-state index contributed by atoms with van der Waals surface area (Å²) in [5.74, 6) is 0.477. The van der Waals surface area contributed by atoms with Gasteiger partial charge in [-0.25, -0.2) is 9.78 Å². The topological polar surface area (TPSA) is 75.4 Å². The lowest BCUT2D eigenvalue weighted by Gasteiger charge is -2.53. The van der Waals surface area contributed by atoms with Crippen LogP contribution in [0.25, 0.3) is 11.0 Å². The Morgan fingerprint density at radius 2 is 1.52 bits per heavy atom. The van der Waals surface area contributed by atoms with Crippen molar-refractivity contribution in [2.45, 2.75) is 88.4 Å². The number of carboxylic acids is 1. The van der Waals surface area contributed by atoms with Crippen molar-refractivity contribution in [1.82, 2.24) is 14.5 Å². The predicted molar refractivity (Wildman–Crippen MR) is 118 cm³/mol. The van der Waals surface area contributed by atoms with E-state index in [1.165, 1.54) is 51.4 Å². The van der Waals surface area contributed by atoms with Gasteiger partial charge in [0.15, 0.2) is 0 Å². The van der Waals surface area contributed by atoms with Gasteiger partial charge in [-0.1, -0.05) is 25.0 Å². The van der Waals surface area contributed by atoms with Gasteiger partial charge in [0.05, 0.1) is 11.0 Å². The third-order valence-electron chi connectivity index (χ3n) is 8.74. The van der Waals surface area contributed by atoms with Crippen molar-refractivity contribution in [3.8, 4) is 0 Å². The summed E-state index contributed by atoms with van der Waals surface area (Å²) in [6.07, 6.45) is 12.6. The van der Waals surface area contributed by atoms with Crippen LogP contribution in [0, 0.1) is 11.8 Å². The zero-order valence-corrected chi connectivity index (χ0v) is 17.9. The molecule has 4 aliphatic rings. The summed E-state index contributed by atoms with van der Waals surface area (Å²) in [6.45, 7) is 0. The fraction of sp³-hybridized carbons (Fsp3) is 0.640. The monoisotopic (exact) mass is 421 g/mol. The fourth-order valence-electron chi connectivity index (χ4n) is 7.67. The second-order valence-electron chi connectivity index (χ2n) is 10.3. The summed E-state index contributed by atoms with van der Waals surface area (Å²) in [7, 11) is 0. The van der Waals surface area contributed by atoms with Crippen LogP contribution in [0.2, 0.25) is 0 Å². The maximum atomic E-state index is 13.2. The lowest BCUT2D eigenvalue weighted by molar-refractivity contribution is -0.0347. The normalized spacial score (nSPS) is 35.4. The Balaban J connectivity index is 1.37. The van der Waals surface area contributed by atoms with Crippen molar-refractivity contribution in [2.24, 2.45) is 11.8 Å². The van der Waals surface area contributed by atoms with Crippen LogP contribution >= 0.6 is 0 Å². The zero-order chi connectivity index (χ0) is 21.1. The van der Waals surface area contributed by atoms with Crippen LogP contribution < -0.4 is 5.56 Å². The molecule has 1 N–H and O–H groups in total. The maximum Gasteiger partial charge on any atom is 0.360 e. The Morgan fingerprint density at radius 1 is 0.903 bits per heavy atom. The van der Waals surface area contributed by atoms with Gasteiger partial charge >= 0.3 is 5.97 Å². The molecule has 1 aromatic heterocycles. The molecule has 0 spiro atoms. The Morgan fingerprint density at radius 3 is 2.13 bits per heavy atom. The van der Waals surface area contributed by atoms with E-state index in [1.54, 1.807) is 4.57 Å². The fourth-order valence-corrected chi connectivity index (χ4v) is 7.67. The highest BCUT2D eigenvalue weighted by atomic mass is 16.4. The average Bonchev–Trinajstić information content (AvgIpc) is 3.01. The summed E-state index contributed by atoms with van der Waals surface area (Å²) >= 11 is 0. The SMILES string of the molecule is O=C(O)c1nc2ccccc2n(C2C[C@H]3CC[C@@H](C2)N3C2C3CCCC2CCC3)c1=O. The van der Waals surface area contributed by atoms with E-state index in [9.17, 15) is 14.7 Å². The highest BCUT2D eigenvalue weighted by molar-refractivity contribution is 5.88. The number of rotatable bonds is 3. The molecule has 0 radical (unpaired) electrons. The van der Waals surface area contributed by atoms with Crippen molar-refractivity contribution >= 4 is 17.0 Å². The smallest absolute Gasteiger partial charge is 0.360 e. The van der Waals surface area contributed by atoms with Crippen molar-refractivity contribution < 1.29 is 9.90 Å². The lowest BCUT2D eigenvalue weighted by Crippen LogP contribution is -2.57. The van der Waals surface area contributed by atoms with E-state index in [-0.39, 0.29) is 11.7 Å². The highest BCUT2D eigenvalue weighted by Gasteiger charge is 2.50. The Bertz CT molecular complexity index is 1040. The molecular formula is C25H31N3O3. The molecule has 6 rings (SSSR count). The lowest BCUT2D eigenvalue weighted by atomic mass is 9.67. The molecule has 4 bridgehead atoms. The van der Waals surface area contributed by atoms with Gasteiger partial charge in [-0.2, -0.15) is 0 Å². The minimum Gasteiger partial charge on any atom is -0.476 e. The number of benzene rings is 1. The third-order valence-corrected chi connectivity index (χ3v) is 8.74. The van der Waals surface area contributed by atoms with Crippen LogP contribution in [0.5, 0.6) is 0 Å². The molecule has 1 aromatic carbocycles. The number of piperidine rings is 1. The first-order valence-corrected chi connectivity index (χ1v) is 12.1. The Kier molecular flexibility index (Phi) is 4.67. The first-order valence-electron chi connectivity index (χ1n) is 12.1. The summed E-state index contributed by atoms with van der Waals surface area (Å²) in [6, 6.07) is 9.30. The summed E-state index contributed by atoms with van der Waals surface area (Å²) in [5.41, 5.74) is 0.565.